The molecule has 2 aromatic carbocycles. The average molecular weight is 465 g/mol. The summed E-state index contributed by atoms with van der Waals surface area (Å²) in [5, 5.41) is 14.4. The van der Waals surface area contributed by atoms with Crippen LogP contribution in [0.15, 0.2) is 61.2 Å². The van der Waals surface area contributed by atoms with Gasteiger partial charge in [0.15, 0.2) is 0 Å². The predicted molar refractivity (Wildman–Crippen MR) is 125 cm³/mol. The highest BCUT2D eigenvalue weighted by Crippen LogP contribution is 2.44. The Bertz CT molecular complexity index is 1040. The van der Waals surface area contributed by atoms with Crippen LogP contribution >= 0.6 is 0 Å². The quantitative estimate of drug-likeness (QED) is 0.492. The zero-order valence-electron chi connectivity index (χ0n) is 18.7. The normalized spacial score (nSPS) is 19.5. The number of aliphatic carboxylic acids is 1. The van der Waals surface area contributed by atoms with E-state index < -0.39 is 29.9 Å². The van der Waals surface area contributed by atoms with Crippen LogP contribution in [-0.2, 0) is 19.1 Å². The lowest BCUT2D eigenvalue weighted by Crippen LogP contribution is -2.48. The van der Waals surface area contributed by atoms with Crippen LogP contribution in [0.4, 0.5) is 4.79 Å². The van der Waals surface area contributed by atoms with E-state index in [0.29, 0.717) is 6.42 Å². The molecular weight excluding hydrogens is 436 g/mol. The van der Waals surface area contributed by atoms with Gasteiger partial charge in [-0.2, -0.15) is 0 Å². The average Bonchev–Trinajstić information content (AvgIpc) is 3.44. The van der Waals surface area contributed by atoms with Crippen molar-refractivity contribution in [3.05, 3.63) is 72.3 Å². The van der Waals surface area contributed by atoms with Crippen molar-refractivity contribution in [1.82, 2.24) is 10.6 Å². The van der Waals surface area contributed by atoms with Crippen molar-refractivity contribution in [3.63, 3.8) is 0 Å². The number of nitrogens with one attached hydrogen (secondary N) is 2. The predicted octanol–water partition coefficient (Wildman–Crippen LogP) is 3.08. The molecule has 1 heterocycles. The second-order valence-corrected chi connectivity index (χ2v) is 8.52. The van der Waals surface area contributed by atoms with E-state index in [9.17, 15) is 14.4 Å². The summed E-state index contributed by atoms with van der Waals surface area (Å²) in [6, 6.07) is 15.3. The Hall–Kier alpha value is -3.65. The summed E-state index contributed by atoms with van der Waals surface area (Å²) in [5.74, 6) is -1.96. The van der Waals surface area contributed by atoms with Crippen molar-refractivity contribution < 1.29 is 29.0 Å². The molecule has 1 aliphatic heterocycles. The van der Waals surface area contributed by atoms with Crippen molar-refractivity contribution in [2.45, 2.75) is 30.9 Å². The van der Waals surface area contributed by atoms with Crippen LogP contribution in [0.1, 0.15) is 29.9 Å². The number of carboxylic acids is 1. The first kappa shape index (κ1) is 23.5. The Morgan fingerprint density at radius 2 is 1.76 bits per heavy atom. The molecule has 0 bridgehead atoms. The Balaban J connectivity index is 1.31. The minimum Gasteiger partial charge on any atom is -0.481 e. The number of ether oxygens (including phenoxy) is 2. The van der Waals surface area contributed by atoms with Crippen LogP contribution in [0.2, 0.25) is 0 Å². The van der Waals surface area contributed by atoms with Gasteiger partial charge in [-0.05, 0) is 35.1 Å². The number of carbonyl (C=O) groups excluding carboxylic acids is 2. The van der Waals surface area contributed by atoms with Crippen LogP contribution < -0.4 is 10.6 Å². The van der Waals surface area contributed by atoms with Crippen molar-refractivity contribution in [2.75, 3.05) is 19.8 Å². The molecule has 3 N–H and O–H groups in total. The van der Waals surface area contributed by atoms with E-state index in [2.05, 4.69) is 29.3 Å². The largest absolute Gasteiger partial charge is 0.481 e. The monoisotopic (exact) mass is 464 g/mol. The third-order valence-electron chi connectivity index (χ3n) is 6.29. The fourth-order valence-corrected chi connectivity index (χ4v) is 4.54. The smallest absolute Gasteiger partial charge is 0.407 e. The van der Waals surface area contributed by atoms with Crippen molar-refractivity contribution in [2.24, 2.45) is 5.92 Å². The van der Waals surface area contributed by atoms with E-state index in [1.807, 2.05) is 36.4 Å². The highest BCUT2D eigenvalue weighted by Gasteiger charge is 2.32. The van der Waals surface area contributed by atoms with Gasteiger partial charge in [0.2, 0.25) is 5.91 Å². The zero-order valence-corrected chi connectivity index (χ0v) is 18.7. The van der Waals surface area contributed by atoms with Gasteiger partial charge in [0.05, 0.1) is 18.6 Å². The standard InChI is InChI=1S/C26H28N2O6/c1-2-7-23(24(29)27-13-17-12-16(14-33-17)25(30)31)28-26(32)34-15-22-20-10-5-3-8-18(20)19-9-4-6-11-21(19)22/h2-6,8-11,16-17,22-23H,1,7,12-15H2,(H,27,29)(H,28,32)(H,30,31)/t16-,17-,23?/m1/s1. The molecule has 1 fully saturated rings. The van der Waals surface area contributed by atoms with Crippen molar-refractivity contribution in [1.29, 1.82) is 0 Å². The molecule has 2 aromatic rings. The van der Waals surface area contributed by atoms with Crippen molar-refractivity contribution >= 4 is 18.0 Å². The molecule has 178 valence electrons. The second-order valence-electron chi connectivity index (χ2n) is 8.52. The summed E-state index contributed by atoms with van der Waals surface area (Å²) in [4.78, 5) is 36.2. The fourth-order valence-electron chi connectivity index (χ4n) is 4.54. The molecule has 3 atom stereocenters. The van der Waals surface area contributed by atoms with E-state index in [0.717, 1.165) is 22.3 Å². The van der Waals surface area contributed by atoms with Crippen molar-refractivity contribution in [3.8, 4) is 11.1 Å². The van der Waals surface area contributed by atoms with Crippen LogP contribution in [0, 0.1) is 5.92 Å². The molecule has 8 nitrogen and oxygen atoms in total. The van der Waals surface area contributed by atoms with Crippen LogP contribution in [0.25, 0.3) is 11.1 Å². The van der Waals surface area contributed by atoms with E-state index >= 15 is 0 Å². The fraction of sp³-hybridized carbons (Fsp3) is 0.346. The SMILES string of the molecule is C=CCC(NC(=O)OCC1c2ccccc2-c2ccccc21)C(=O)NC[C@H]1C[C@@H](C(=O)O)CO1. The topological polar surface area (TPSA) is 114 Å². The van der Waals surface area contributed by atoms with E-state index in [1.165, 1.54) is 0 Å². The highest BCUT2D eigenvalue weighted by molar-refractivity contribution is 5.86. The number of carbonyl (C=O) groups is 3. The third kappa shape index (κ3) is 5.12. The van der Waals surface area contributed by atoms with Gasteiger partial charge >= 0.3 is 12.1 Å². The number of hydrogen-bond acceptors (Lipinski definition) is 5. The number of carboxylic acid groups (broad SMARTS) is 1. The number of alkyl carbamates (subject to hydrolysis) is 1. The zero-order chi connectivity index (χ0) is 24.1. The Labute approximate surface area is 198 Å². The maximum atomic E-state index is 12.6. The molecule has 0 radical (unpaired) electrons. The number of fused-ring (bicyclic) bond motifs is 3. The minimum absolute atomic E-state index is 0.0773. The van der Waals surface area contributed by atoms with E-state index in [-0.39, 0.29) is 38.2 Å². The molecule has 0 saturated carbocycles. The first-order chi connectivity index (χ1) is 16.5. The molecule has 0 spiro atoms. The third-order valence-corrected chi connectivity index (χ3v) is 6.29. The number of benzene rings is 2. The lowest BCUT2D eigenvalue weighted by molar-refractivity contribution is -0.141. The molecule has 8 heteroatoms. The van der Waals surface area contributed by atoms with Gasteiger partial charge in [-0.3, -0.25) is 9.59 Å². The number of hydrogen-bond donors (Lipinski definition) is 3. The summed E-state index contributed by atoms with van der Waals surface area (Å²) in [6.45, 7) is 4.10. The molecule has 2 aliphatic rings. The van der Waals surface area contributed by atoms with Gasteiger partial charge in [-0.15, -0.1) is 6.58 Å². The minimum atomic E-state index is -0.907. The molecular formula is C26H28N2O6. The summed E-state index contributed by atoms with van der Waals surface area (Å²) in [5.41, 5.74) is 4.48. The summed E-state index contributed by atoms with van der Waals surface area (Å²) < 4.78 is 11.0. The Morgan fingerprint density at radius 3 is 2.35 bits per heavy atom. The molecule has 4 rings (SSSR count). The van der Waals surface area contributed by atoms with Crippen LogP contribution in [0.5, 0.6) is 0 Å². The maximum absolute atomic E-state index is 12.6. The first-order valence-corrected chi connectivity index (χ1v) is 11.3. The van der Waals surface area contributed by atoms with Gasteiger partial charge in [0, 0.05) is 12.5 Å². The lowest BCUT2D eigenvalue weighted by Gasteiger charge is -2.19. The molecule has 1 unspecified atom stereocenters. The second kappa shape index (κ2) is 10.5. The molecule has 34 heavy (non-hydrogen) atoms. The summed E-state index contributed by atoms with van der Waals surface area (Å²) in [7, 11) is 0. The first-order valence-electron chi connectivity index (χ1n) is 11.3. The number of amides is 2. The Morgan fingerprint density at radius 1 is 1.12 bits per heavy atom. The van der Waals surface area contributed by atoms with Gasteiger partial charge < -0.3 is 25.2 Å². The van der Waals surface area contributed by atoms with Gasteiger partial charge in [-0.1, -0.05) is 54.6 Å². The molecule has 1 saturated heterocycles. The van der Waals surface area contributed by atoms with Crippen LogP contribution in [0.3, 0.4) is 0 Å². The number of rotatable bonds is 9. The van der Waals surface area contributed by atoms with Gasteiger partial charge in [-0.25, -0.2) is 4.79 Å². The summed E-state index contributed by atoms with van der Waals surface area (Å²) >= 11 is 0. The highest BCUT2D eigenvalue weighted by atomic mass is 16.5. The molecule has 1 aliphatic carbocycles. The van der Waals surface area contributed by atoms with Gasteiger partial charge in [0.1, 0.15) is 12.6 Å². The molecule has 2 amide bonds. The van der Waals surface area contributed by atoms with E-state index in [4.69, 9.17) is 14.6 Å². The summed E-state index contributed by atoms with van der Waals surface area (Å²) in [6.07, 6.45) is 1.04. The molecule has 0 aromatic heterocycles. The maximum Gasteiger partial charge on any atom is 0.407 e. The van der Waals surface area contributed by atoms with Crippen LogP contribution in [-0.4, -0.2) is 55.0 Å². The lowest BCUT2D eigenvalue weighted by atomic mass is 9.98. The van der Waals surface area contributed by atoms with Gasteiger partial charge in [0.25, 0.3) is 0 Å². The van der Waals surface area contributed by atoms with E-state index in [1.54, 1.807) is 6.08 Å². The Kier molecular flexibility index (Phi) is 7.27.